The molecule has 0 aromatic heterocycles. The largest absolute Gasteiger partial charge is 0.546 e. The molecule has 0 aliphatic carbocycles. The van der Waals surface area contributed by atoms with E-state index in [-0.39, 0.29) is 30.1 Å². The van der Waals surface area contributed by atoms with E-state index >= 15 is 0 Å². The predicted molar refractivity (Wildman–Crippen MR) is 110 cm³/mol. The quantitative estimate of drug-likeness (QED) is 0.183. The maximum atomic E-state index is 12.6. The van der Waals surface area contributed by atoms with Crippen molar-refractivity contribution in [1.29, 1.82) is 0 Å². The molecule has 6 nitrogen and oxygen atoms in total. The molecule has 0 aromatic carbocycles. The van der Waals surface area contributed by atoms with Gasteiger partial charge in [0.1, 0.15) is 5.57 Å². The first-order valence-electron chi connectivity index (χ1n) is 8.79. The van der Waals surface area contributed by atoms with Gasteiger partial charge in [0, 0.05) is 6.42 Å². The van der Waals surface area contributed by atoms with Crippen LogP contribution in [0.3, 0.4) is 0 Å². The molecule has 0 N–H and O–H groups in total. The smallest absolute Gasteiger partial charge is 0.331 e. The fourth-order valence-electron chi connectivity index (χ4n) is 1.99. The van der Waals surface area contributed by atoms with E-state index in [4.69, 9.17) is 13.3 Å². The second kappa shape index (κ2) is 9.14. The second-order valence-corrected chi connectivity index (χ2v) is 22.4. The van der Waals surface area contributed by atoms with Crippen LogP contribution in [0.1, 0.15) is 19.8 Å². The fourth-order valence-corrected chi connectivity index (χ4v) is 4.37. The third kappa shape index (κ3) is 11.4. The van der Waals surface area contributed by atoms with E-state index in [1.54, 1.807) is 0 Å². The first-order chi connectivity index (χ1) is 11.4. The molecular weight excluding hydrogens is 384 g/mol. The van der Waals surface area contributed by atoms with E-state index in [1.165, 1.54) is 6.92 Å². The van der Waals surface area contributed by atoms with Crippen LogP contribution in [0.4, 0.5) is 0 Å². The van der Waals surface area contributed by atoms with Crippen LogP contribution in [0.5, 0.6) is 0 Å². The van der Waals surface area contributed by atoms with Crippen molar-refractivity contribution in [3.05, 3.63) is 11.3 Å². The SMILES string of the molecule is CC(=O)/C(C(=O)O[Si](C)(C)C)=C(/CCC(=O)O[Si](C)(C)C)O[Si](C)(C)C. The van der Waals surface area contributed by atoms with Gasteiger partial charge >= 0.3 is 5.97 Å². The summed E-state index contributed by atoms with van der Waals surface area (Å²) in [6, 6.07) is 0. The molecule has 0 radical (unpaired) electrons. The van der Waals surface area contributed by atoms with Gasteiger partial charge in [-0.1, -0.05) is 0 Å². The van der Waals surface area contributed by atoms with Crippen LogP contribution in [0.25, 0.3) is 0 Å². The average Bonchev–Trinajstić information content (AvgIpc) is 2.29. The van der Waals surface area contributed by atoms with E-state index in [0.717, 1.165) is 0 Å². The molecule has 0 aliphatic heterocycles. The highest BCUT2D eigenvalue weighted by molar-refractivity contribution is 6.72. The number of Topliss-reactive ketones (excluding diaryl/α,β-unsaturated/α-hetero) is 1. The van der Waals surface area contributed by atoms with E-state index in [0.29, 0.717) is 0 Å². The molecule has 0 unspecified atom stereocenters. The molecule has 0 aromatic rings. The monoisotopic (exact) mass is 418 g/mol. The van der Waals surface area contributed by atoms with Crippen molar-refractivity contribution in [3.63, 3.8) is 0 Å². The van der Waals surface area contributed by atoms with Gasteiger partial charge < -0.3 is 13.3 Å². The fraction of sp³-hybridized carbons (Fsp3) is 0.706. The maximum absolute atomic E-state index is 12.6. The zero-order valence-corrected chi connectivity index (χ0v) is 20.9. The molecule has 150 valence electrons. The number of rotatable bonds is 9. The number of allylic oxidation sites excluding steroid dienone is 1. The van der Waals surface area contributed by atoms with Crippen LogP contribution in [-0.2, 0) is 27.7 Å². The number of carbonyl (C=O) groups excluding carboxylic acids is 3. The molecule has 0 fully saturated rings. The minimum absolute atomic E-state index is 0.0566. The number of carbonyl (C=O) groups is 3. The summed E-state index contributed by atoms with van der Waals surface area (Å²) in [5.41, 5.74) is -0.0874. The van der Waals surface area contributed by atoms with Crippen molar-refractivity contribution in [3.8, 4) is 0 Å². The first-order valence-corrected chi connectivity index (χ1v) is 19.0. The Morgan fingerprint density at radius 1 is 0.654 bits per heavy atom. The molecule has 0 atom stereocenters. The van der Waals surface area contributed by atoms with Crippen LogP contribution in [0.15, 0.2) is 11.3 Å². The normalized spacial score (nSPS) is 13.6. The average molecular weight is 419 g/mol. The van der Waals surface area contributed by atoms with Crippen LogP contribution in [0, 0.1) is 0 Å². The number of ketones is 1. The summed E-state index contributed by atoms with van der Waals surface area (Å²) < 4.78 is 16.9. The van der Waals surface area contributed by atoms with Gasteiger partial charge in [-0.15, -0.1) is 0 Å². The van der Waals surface area contributed by atoms with E-state index in [2.05, 4.69) is 0 Å². The lowest BCUT2D eigenvalue weighted by molar-refractivity contribution is -0.136. The van der Waals surface area contributed by atoms with Crippen molar-refractivity contribution < 1.29 is 27.7 Å². The molecule has 26 heavy (non-hydrogen) atoms. The Morgan fingerprint density at radius 3 is 1.42 bits per heavy atom. The van der Waals surface area contributed by atoms with Crippen molar-refractivity contribution in [2.24, 2.45) is 0 Å². The van der Waals surface area contributed by atoms with Gasteiger partial charge in [-0.2, -0.15) is 0 Å². The van der Waals surface area contributed by atoms with Crippen LogP contribution < -0.4 is 0 Å². The van der Waals surface area contributed by atoms with Gasteiger partial charge in [0.15, 0.2) is 5.78 Å². The van der Waals surface area contributed by atoms with Crippen LogP contribution in [0.2, 0.25) is 58.9 Å². The Morgan fingerprint density at radius 2 is 1.08 bits per heavy atom. The Labute approximate surface area is 160 Å². The van der Waals surface area contributed by atoms with E-state index < -0.39 is 36.7 Å². The second-order valence-electron chi connectivity index (χ2n) is 9.16. The molecule has 0 amide bonds. The van der Waals surface area contributed by atoms with E-state index in [1.807, 2.05) is 58.9 Å². The Kier molecular flexibility index (Phi) is 8.71. The van der Waals surface area contributed by atoms with Gasteiger partial charge in [-0.3, -0.25) is 9.59 Å². The molecule has 0 aliphatic rings. The lowest BCUT2D eigenvalue weighted by Crippen LogP contribution is -2.34. The first kappa shape index (κ1) is 24.8. The third-order valence-electron chi connectivity index (χ3n) is 2.64. The lowest BCUT2D eigenvalue weighted by atomic mass is 10.1. The van der Waals surface area contributed by atoms with Crippen molar-refractivity contribution in [2.75, 3.05) is 0 Å². The zero-order valence-electron chi connectivity index (χ0n) is 17.9. The van der Waals surface area contributed by atoms with Gasteiger partial charge in [0.25, 0.3) is 5.97 Å². The van der Waals surface area contributed by atoms with Crippen molar-refractivity contribution in [1.82, 2.24) is 0 Å². The highest BCUT2D eigenvalue weighted by Crippen LogP contribution is 2.23. The third-order valence-corrected chi connectivity index (χ3v) is 5.14. The van der Waals surface area contributed by atoms with Crippen LogP contribution in [-0.4, -0.2) is 42.7 Å². The van der Waals surface area contributed by atoms with Crippen LogP contribution >= 0.6 is 0 Å². The molecule has 0 rings (SSSR count). The summed E-state index contributed by atoms with van der Waals surface area (Å²) >= 11 is 0. The summed E-state index contributed by atoms with van der Waals surface area (Å²) in [5, 5.41) is 0. The Hall–Kier alpha value is -1.20. The summed E-state index contributed by atoms with van der Waals surface area (Å²) in [4.78, 5) is 36.8. The minimum Gasteiger partial charge on any atom is -0.546 e. The van der Waals surface area contributed by atoms with Gasteiger partial charge in [0.05, 0.1) is 12.2 Å². The molecule has 0 bridgehead atoms. The zero-order chi connectivity index (χ0) is 20.9. The van der Waals surface area contributed by atoms with Crippen molar-refractivity contribution >= 4 is 42.7 Å². The predicted octanol–water partition coefficient (Wildman–Crippen LogP) is 4.22. The Bertz CT molecular complexity index is 577. The number of hydrogen-bond acceptors (Lipinski definition) is 6. The lowest BCUT2D eigenvalue weighted by Gasteiger charge is -2.25. The maximum Gasteiger partial charge on any atom is 0.331 e. The topological polar surface area (TPSA) is 78.9 Å². The van der Waals surface area contributed by atoms with Gasteiger partial charge in [-0.25, -0.2) is 4.79 Å². The molecule has 0 heterocycles. The Balaban J connectivity index is 5.70. The van der Waals surface area contributed by atoms with E-state index in [9.17, 15) is 14.4 Å². The summed E-state index contributed by atoms with van der Waals surface area (Å²) in [7, 11) is -6.27. The van der Waals surface area contributed by atoms with Gasteiger partial charge in [0.2, 0.25) is 25.0 Å². The molecular formula is C17H34O6Si3. The van der Waals surface area contributed by atoms with Crippen molar-refractivity contribution in [2.45, 2.75) is 78.7 Å². The molecule has 0 saturated heterocycles. The van der Waals surface area contributed by atoms with Gasteiger partial charge in [-0.05, 0) is 65.8 Å². The standard InChI is InChI=1S/C17H34O6Si3/c1-13(18)16(17(20)23-26(8,9)10)14(21-24(2,3)4)11-12-15(19)22-25(5,6)7/h11-12H2,1-10H3/b16-14+. The molecule has 9 heteroatoms. The summed E-state index contributed by atoms with van der Waals surface area (Å²) in [6.45, 7) is 18.5. The number of hydrogen-bond donors (Lipinski definition) is 0. The molecule has 0 spiro atoms. The highest BCUT2D eigenvalue weighted by Gasteiger charge is 2.31. The highest BCUT2D eigenvalue weighted by atomic mass is 28.4. The molecule has 0 saturated carbocycles. The summed E-state index contributed by atoms with van der Waals surface area (Å²) in [6.07, 6.45) is 0.199. The minimum atomic E-state index is -2.18. The summed E-state index contributed by atoms with van der Waals surface area (Å²) in [5.74, 6) is -1.18.